The topological polar surface area (TPSA) is 27.0 Å². The molecule has 2 heteroatoms. The molecule has 0 amide bonds. The van der Waals surface area contributed by atoms with Crippen molar-refractivity contribution < 1.29 is 0 Å². The quantitative estimate of drug-likeness (QED) is 0.709. The van der Waals surface area contributed by atoms with Crippen molar-refractivity contribution in [1.82, 2.24) is 4.90 Å². The number of fused-ring (bicyclic) bond motifs is 1. The molecule has 1 saturated heterocycles. The van der Waals surface area contributed by atoms with Gasteiger partial charge < -0.3 is 0 Å². The van der Waals surface area contributed by atoms with Crippen LogP contribution in [0.2, 0.25) is 0 Å². The van der Waals surface area contributed by atoms with E-state index in [0.717, 1.165) is 0 Å². The highest BCUT2D eigenvalue weighted by atomic mass is 15.3. The summed E-state index contributed by atoms with van der Waals surface area (Å²) in [7, 11) is 0. The third-order valence-electron chi connectivity index (χ3n) is 5.85. The summed E-state index contributed by atoms with van der Waals surface area (Å²) in [5.41, 5.74) is -0.0320. The van der Waals surface area contributed by atoms with E-state index in [9.17, 15) is 5.26 Å². The standard InChI is InChI=1S/C17H28N2/c18-14-17(19-12-8-9-13-19)15-10-6-4-2-1-3-5-7-11-16(15)17/h15-16H,1-13H2. The summed E-state index contributed by atoms with van der Waals surface area (Å²) in [4.78, 5) is 2.55. The van der Waals surface area contributed by atoms with Gasteiger partial charge in [0.2, 0.25) is 0 Å². The minimum Gasteiger partial charge on any atom is -0.285 e. The van der Waals surface area contributed by atoms with E-state index in [0.29, 0.717) is 11.8 Å². The predicted octanol–water partition coefficient (Wildman–Crippen LogP) is 4.12. The average Bonchev–Trinajstić information content (AvgIpc) is 2.76. The van der Waals surface area contributed by atoms with E-state index >= 15 is 0 Å². The van der Waals surface area contributed by atoms with Crippen LogP contribution in [0.4, 0.5) is 0 Å². The van der Waals surface area contributed by atoms with Gasteiger partial charge in [-0.15, -0.1) is 0 Å². The number of rotatable bonds is 1. The monoisotopic (exact) mass is 260 g/mol. The highest BCUT2D eigenvalue weighted by Gasteiger charge is 2.67. The number of hydrogen-bond donors (Lipinski definition) is 0. The van der Waals surface area contributed by atoms with Crippen LogP contribution >= 0.6 is 0 Å². The Morgan fingerprint density at radius 2 is 1.21 bits per heavy atom. The Hall–Kier alpha value is -0.550. The van der Waals surface area contributed by atoms with E-state index in [1.807, 2.05) is 0 Å². The van der Waals surface area contributed by atoms with E-state index in [4.69, 9.17) is 0 Å². The number of nitrogens with zero attached hydrogens (tertiary/aromatic N) is 2. The molecule has 0 N–H and O–H groups in total. The van der Waals surface area contributed by atoms with Gasteiger partial charge in [0.05, 0.1) is 6.07 Å². The normalized spacial score (nSPS) is 41.0. The van der Waals surface area contributed by atoms with Crippen LogP contribution in [-0.2, 0) is 0 Å². The highest BCUT2D eigenvalue weighted by molar-refractivity contribution is 5.30. The van der Waals surface area contributed by atoms with Crippen LogP contribution in [0.1, 0.15) is 70.6 Å². The fourth-order valence-electron chi connectivity index (χ4n) is 4.77. The molecule has 1 heterocycles. The van der Waals surface area contributed by atoms with Crippen molar-refractivity contribution >= 4 is 0 Å². The van der Waals surface area contributed by atoms with Gasteiger partial charge in [-0.1, -0.05) is 44.9 Å². The SMILES string of the molecule is N#CC1(N2CCCC2)C2CCCCCCCCCC21. The van der Waals surface area contributed by atoms with Crippen LogP contribution in [0.15, 0.2) is 0 Å². The summed E-state index contributed by atoms with van der Waals surface area (Å²) in [6.45, 7) is 2.36. The second-order valence-corrected chi connectivity index (χ2v) is 6.90. The smallest absolute Gasteiger partial charge is 0.115 e. The van der Waals surface area contributed by atoms with Gasteiger partial charge in [0.25, 0.3) is 0 Å². The minimum atomic E-state index is -0.0320. The van der Waals surface area contributed by atoms with Gasteiger partial charge in [-0.3, -0.25) is 4.90 Å². The van der Waals surface area contributed by atoms with Crippen molar-refractivity contribution in [2.75, 3.05) is 13.1 Å². The zero-order chi connectivity index (χ0) is 13.1. The minimum absolute atomic E-state index is 0.0320. The molecular formula is C17H28N2. The van der Waals surface area contributed by atoms with Gasteiger partial charge in [-0.2, -0.15) is 5.26 Å². The van der Waals surface area contributed by atoms with E-state index in [1.54, 1.807) is 0 Å². The van der Waals surface area contributed by atoms with Crippen molar-refractivity contribution in [3.63, 3.8) is 0 Å². The number of hydrogen-bond acceptors (Lipinski definition) is 2. The molecular weight excluding hydrogens is 232 g/mol. The Morgan fingerprint density at radius 1 is 0.737 bits per heavy atom. The van der Waals surface area contributed by atoms with Gasteiger partial charge >= 0.3 is 0 Å². The zero-order valence-electron chi connectivity index (χ0n) is 12.2. The Morgan fingerprint density at radius 3 is 1.68 bits per heavy atom. The van der Waals surface area contributed by atoms with Crippen LogP contribution in [0.25, 0.3) is 0 Å². The molecule has 0 bridgehead atoms. The van der Waals surface area contributed by atoms with Crippen LogP contribution < -0.4 is 0 Å². The first kappa shape index (κ1) is 13.4. The lowest BCUT2D eigenvalue weighted by molar-refractivity contribution is 0.237. The van der Waals surface area contributed by atoms with Crippen LogP contribution in [0.3, 0.4) is 0 Å². The summed E-state index contributed by atoms with van der Waals surface area (Å²) < 4.78 is 0. The lowest BCUT2D eigenvalue weighted by atomic mass is 10.0. The van der Waals surface area contributed by atoms with Crippen molar-refractivity contribution in [2.45, 2.75) is 76.2 Å². The molecule has 2 nitrogen and oxygen atoms in total. The van der Waals surface area contributed by atoms with Crippen LogP contribution in [-0.4, -0.2) is 23.5 Å². The second kappa shape index (κ2) is 5.83. The third-order valence-corrected chi connectivity index (χ3v) is 5.85. The van der Waals surface area contributed by atoms with Gasteiger partial charge in [-0.25, -0.2) is 0 Å². The lowest BCUT2D eigenvalue weighted by Crippen LogP contribution is -2.37. The summed E-state index contributed by atoms with van der Waals surface area (Å²) in [5, 5.41) is 9.84. The van der Waals surface area contributed by atoms with E-state index in [1.165, 1.54) is 83.7 Å². The maximum Gasteiger partial charge on any atom is 0.115 e. The molecule has 2 aliphatic carbocycles. The van der Waals surface area contributed by atoms with Crippen LogP contribution in [0.5, 0.6) is 0 Å². The fraction of sp³-hybridized carbons (Fsp3) is 0.941. The van der Waals surface area contributed by atoms with Crippen LogP contribution in [0, 0.1) is 23.2 Å². The third kappa shape index (κ3) is 2.42. The van der Waals surface area contributed by atoms with Crippen molar-refractivity contribution in [3.05, 3.63) is 0 Å². The number of nitriles is 1. The van der Waals surface area contributed by atoms with Crippen molar-refractivity contribution in [3.8, 4) is 6.07 Å². The summed E-state index contributed by atoms with van der Waals surface area (Å²) in [6.07, 6.45) is 15.0. The summed E-state index contributed by atoms with van der Waals surface area (Å²) in [5.74, 6) is 1.40. The van der Waals surface area contributed by atoms with E-state index < -0.39 is 0 Å². The first-order valence-electron chi connectivity index (χ1n) is 8.56. The Labute approximate surface area is 118 Å². The maximum absolute atomic E-state index is 9.84. The first-order chi connectivity index (χ1) is 9.39. The molecule has 0 spiro atoms. The molecule has 2 atom stereocenters. The second-order valence-electron chi connectivity index (χ2n) is 6.90. The average molecular weight is 260 g/mol. The van der Waals surface area contributed by atoms with Gasteiger partial charge in [0.1, 0.15) is 5.54 Å². The Bertz CT molecular complexity index is 322. The molecule has 0 radical (unpaired) electrons. The molecule has 2 unspecified atom stereocenters. The van der Waals surface area contributed by atoms with Gasteiger partial charge in [0.15, 0.2) is 0 Å². The lowest BCUT2D eigenvalue weighted by Gasteiger charge is -2.23. The molecule has 3 aliphatic rings. The molecule has 2 saturated carbocycles. The molecule has 19 heavy (non-hydrogen) atoms. The first-order valence-corrected chi connectivity index (χ1v) is 8.56. The van der Waals surface area contributed by atoms with Crippen molar-refractivity contribution in [1.29, 1.82) is 5.26 Å². The maximum atomic E-state index is 9.84. The van der Waals surface area contributed by atoms with E-state index in [2.05, 4.69) is 11.0 Å². The molecule has 3 fully saturated rings. The molecule has 1 aliphatic heterocycles. The Balaban J connectivity index is 1.69. The van der Waals surface area contributed by atoms with Gasteiger partial charge in [0, 0.05) is 0 Å². The molecule has 0 aromatic heterocycles. The van der Waals surface area contributed by atoms with Gasteiger partial charge in [-0.05, 0) is 50.6 Å². The summed E-state index contributed by atoms with van der Waals surface area (Å²) in [6, 6.07) is 2.77. The molecule has 0 aromatic rings. The molecule has 3 rings (SSSR count). The fourth-order valence-corrected chi connectivity index (χ4v) is 4.77. The zero-order valence-corrected chi connectivity index (χ0v) is 12.2. The molecule has 106 valence electrons. The molecule has 0 aromatic carbocycles. The number of likely N-dealkylation sites (tertiary alicyclic amines) is 1. The van der Waals surface area contributed by atoms with Crippen molar-refractivity contribution in [2.24, 2.45) is 11.8 Å². The predicted molar refractivity (Wildman–Crippen MR) is 77.7 cm³/mol. The van der Waals surface area contributed by atoms with E-state index in [-0.39, 0.29) is 5.54 Å². The Kier molecular flexibility index (Phi) is 4.12. The highest BCUT2D eigenvalue weighted by Crippen LogP contribution is 2.60. The largest absolute Gasteiger partial charge is 0.285 e. The summed E-state index contributed by atoms with van der Waals surface area (Å²) >= 11 is 0.